The fourth-order valence-corrected chi connectivity index (χ4v) is 1.57. The van der Waals surface area contributed by atoms with E-state index in [2.05, 4.69) is 5.73 Å². The Hall–Kier alpha value is -1.70. The summed E-state index contributed by atoms with van der Waals surface area (Å²) in [6, 6.07) is 7.85. The second kappa shape index (κ2) is 7.59. The van der Waals surface area contributed by atoms with Gasteiger partial charge >= 0.3 is 0 Å². The number of benzene rings is 1. The highest BCUT2D eigenvalue weighted by Gasteiger charge is 1.98. The maximum absolute atomic E-state index is 9.53. The monoisotopic (exact) mass is 247 g/mol. The Bertz CT molecular complexity index is 442. The normalized spacial score (nSPS) is 9.72. The molecule has 0 fully saturated rings. The van der Waals surface area contributed by atoms with Crippen LogP contribution in [0, 0.1) is 0 Å². The van der Waals surface area contributed by atoms with Crippen LogP contribution in [0.15, 0.2) is 41.3 Å². The Morgan fingerprint density at radius 3 is 2.83 bits per heavy atom. The number of aliphatic hydroxyl groups excluding tert-OH is 1. The number of rotatable bonds is 6. The molecule has 0 spiro atoms. The van der Waals surface area contributed by atoms with Crippen LogP contribution < -0.4 is 10.5 Å². The Balaban J connectivity index is 2.60. The van der Waals surface area contributed by atoms with E-state index in [0.29, 0.717) is 6.54 Å². The predicted octanol–water partition coefficient (Wildman–Crippen LogP) is 2.96. The van der Waals surface area contributed by atoms with Gasteiger partial charge in [0.05, 0.1) is 0 Å². The third-order valence-electron chi connectivity index (χ3n) is 2.34. The highest BCUT2D eigenvalue weighted by molar-refractivity contribution is 5.28. The lowest BCUT2D eigenvalue weighted by molar-refractivity contribution is 0.271. The predicted molar refractivity (Wildman–Crippen MR) is 73.8 cm³/mol. The van der Waals surface area contributed by atoms with Crippen LogP contribution in [0.25, 0.3) is 0 Å². The summed E-state index contributed by atoms with van der Waals surface area (Å²) in [5.41, 5.74) is 10.4. The third kappa shape index (κ3) is 5.58. The SMILES string of the molecule is CC(C)=C=C(O)COc1cccc(CCCN)c1. The van der Waals surface area contributed by atoms with Crippen LogP contribution in [0.5, 0.6) is 5.75 Å². The molecular formula is C15H21NO2. The molecule has 3 nitrogen and oxygen atoms in total. The largest absolute Gasteiger partial charge is 0.502 e. The van der Waals surface area contributed by atoms with Crippen molar-refractivity contribution >= 4 is 0 Å². The van der Waals surface area contributed by atoms with Gasteiger partial charge in [-0.15, -0.1) is 0 Å². The molecule has 0 saturated heterocycles. The zero-order valence-electron chi connectivity index (χ0n) is 11.1. The molecule has 0 aliphatic rings. The van der Waals surface area contributed by atoms with Crippen LogP contribution in [0.3, 0.4) is 0 Å². The zero-order chi connectivity index (χ0) is 13.4. The molecule has 98 valence electrons. The lowest BCUT2D eigenvalue weighted by Crippen LogP contribution is -2.02. The smallest absolute Gasteiger partial charge is 0.173 e. The number of nitrogens with two attached hydrogens (primary N) is 1. The molecule has 1 rings (SSSR count). The molecule has 18 heavy (non-hydrogen) atoms. The molecular weight excluding hydrogens is 226 g/mol. The van der Waals surface area contributed by atoms with Gasteiger partial charge in [-0.25, -0.2) is 0 Å². The summed E-state index contributed by atoms with van der Waals surface area (Å²) in [6.07, 6.45) is 1.91. The van der Waals surface area contributed by atoms with Gasteiger partial charge in [0, 0.05) is 0 Å². The minimum atomic E-state index is 0.113. The first kappa shape index (κ1) is 14.4. The lowest BCUT2D eigenvalue weighted by atomic mass is 10.1. The van der Waals surface area contributed by atoms with E-state index in [1.165, 1.54) is 5.56 Å². The van der Waals surface area contributed by atoms with E-state index in [9.17, 15) is 5.11 Å². The Morgan fingerprint density at radius 1 is 1.39 bits per heavy atom. The molecule has 0 radical (unpaired) electrons. The van der Waals surface area contributed by atoms with Gasteiger partial charge in [0.15, 0.2) is 12.4 Å². The van der Waals surface area contributed by atoms with Gasteiger partial charge in [-0.2, -0.15) is 0 Å². The van der Waals surface area contributed by atoms with Crippen molar-refractivity contribution < 1.29 is 9.84 Å². The third-order valence-corrected chi connectivity index (χ3v) is 2.34. The van der Waals surface area contributed by atoms with Crippen molar-refractivity contribution in [2.24, 2.45) is 5.73 Å². The molecule has 1 aromatic rings. The molecule has 0 bridgehead atoms. The standard InChI is InChI=1S/C15H21NO2/c1-12(2)9-14(17)11-18-15-7-3-5-13(10-15)6-4-8-16/h3,5,7,10,17H,4,6,8,11,16H2,1-2H3. The number of aryl methyl sites for hydroxylation is 1. The minimum Gasteiger partial charge on any atom is -0.502 e. The Morgan fingerprint density at radius 2 is 2.17 bits per heavy atom. The van der Waals surface area contributed by atoms with E-state index < -0.39 is 0 Å². The van der Waals surface area contributed by atoms with Gasteiger partial charge in [0.25, 0.3) is 0 Å². The van der Waals surface area contributed by atoms with E-state index in [0.717, 1.165) is 24.2 Å². The van der Waals surface area contributed by atoms with Crippen molar-refractivity contribution in [3.05, 3.63) is 46.9 Å². The summed E-state index contributed by atoms with van der Waals surface area (Å²) >= 11 is 0. The number of hydrogen-bond donors (Lipinski definition) is 2. The molecule has 0 aromatic heterocycles. The number of aliphatic hydroxyl groups is 1. The van der Waals surface area contributed by atoms with Crippen LogP contribution in [0.4, 0.5) is 0 Å². The van der Waals surface area contributed by atoms with Crippen molar-refractivity contribution in [3.8, 4) is 5.75 Å². The topological polar surface area (TPSA) is 55.5 Å². The maximum atomic E-state index is 9.53. The van der Waals surface area contributed by atoms with Gasteiger partial charge in [0.1, 0.15) is 5.75 Å². The second-order valence-electron chi connectivity index (χ2n) is 4.40. The minimum absolute atomic E-state index is 0.113. The highest BCUT2D eigenvalue weighted by atomic mass is 16.5. The van der Waals surface area contributed by atoms with Gasteiger partial charge in [-0.1, -0.05) is 17.9 Å². The van der Waals surface area contributed by atoms with Gasteiger partial charge in [-0.05, 0) is 56.5 Å². The fraction of sp³-hybridized carbons (Fsp3) is 0.400. The average Bonchev–Trinajstić information content (AvgIpc) is 2.33. The van der Waals surface area contributed by atoms with Crippen LogP contribution in [-0.4, -0.2) is 18.3 Å². The summed E-state index contributed by atoms with van der Waals surface area (Å²) in [4.78, 5) is 0. The molecule has 0 aliphatic carbocycles. The van der Waals surface area contributed by atoms with Crippen LogP contribution in [0.1, 0.15) is 25.8 Å². The second-order valence-corrected chi connectivity index (χ2v) is 4.40. The fourth-order valence-electron chi connectivity index (χ4n) is 1.57. The van der Waals surface area contributed by atoms with Gasteiger partial charge in [-0.3, -0.25) is 0 Å². The van der Waals surface area contributed by atoms with E-state index in [4.69, 9.17) is 10.5 Å². The molecule has 3 N–H and O–H groups in total. The van der Waals surface area contributed by atoms with Gasteiger partial charge < -0.3 is 15.6 Å². The van der Waals surface area contributed by atoms with Gasteiger partial charge in [0.2, 0.25) is 0 Å². The van der Waals surface area contributed by atoms with Crippen molar-refractivity contribution in [1.29, 1.82) is 0 Å². The molecule has 3 heteroatoms. The first-order valence-electron chi connectivity index (χ1n) is 6.15. The van der Waals surface area contributed by atoms with E-state index in [1.54, 1.807) is 0 Å². The molecule has 0 amide bonds. The summed E-state index contributed by atoms with van der Waals surface area (Å²) in [7, 11) is 0. The zero-order valence-corrected chi connectivity index (χ0v) is 11.1. The molecule has 0 unspecified atom stereocenters. The average molecular weight is 247 g/mol. The summed E-state index contributed by atoms with van der Waals surface area (Å²) in [6.45, 7) is 4.59. The summed E-state index contributed by atoms with van der Waals surface area (Å²) < 4.78 is 5.50. The quantitative estimate of drug-likeness (QED) is 0.600. The van der Waals surface area contributed by atoms with Crippen molar-refractivity contribution in [3.63, 3.8) is 0 Å². The highest BCUT2D eigenvalue weighted by Crippen LogP contribution is 2.15. The molecule has 0 atom stereocenters. The molecule has 1 aromatic carbocycles. The van der Waals surface area contributed by atoms with Crippen LogP contribution in [-0.2, 0) is 6.42 Å². The number of hydrogen-bond acceptors (Lipinski definition) is 3. The van der Waals surface area contributed by atoms with Crippen molar-refractivity contribution in [2.45, 2.75) is 26.7 Å². The van der Waals surface area contributed by atoms with Crippen molar-refractivity contribution in [2.75, 3.05) is 13.2 Å². The van der Waals surface area contributed by atoms with Crippen LogP contribution >= 0.6 is 0 Å². The molecule has 0 heterocycles. The summed E-state index contributed by atoms with van der Waals surface area (Å²) in [5, 5.41) is 9.53. The van der Waals surface area contributed by atoms with Crippen molar-refractivity contribution in [1.82, 2.24) is 0 Å². The first-order valence-corrected chi connectivity index (χ1v) is 6.15. The molecule has 0 aliphatic heterocycles. The number of ether oxygens (including phenoxy) is 1. The summed E-state index contributed by atoms with van der Waals surface area (Å²) in [5.74, 6) is 0.869. The van der Waals surface area contributed by atoms with E-state index in [1.807, 2.05) is 38.1 Å². The van der Waals surface area contributed by atoms with E-state index in [-0.39, 0.29) is 12.4 Å². The maximum Gasteiger partial charge on any atom is 0.173 e. The Labute approximate surface area is 109 Å². The lowest BCUT2D eigenvalue weighted by Gasteiger charge is -2.06. The molecule has 0 saturated carbocycles. The van der Waals surface area contributed by atoms with Crippen LogP contribution in [0.2, 0.25) is 0 Å². The Kier molecular flexibility index (Phi) is 6.06. The van der Waals surface area contributed by atoms with E-state index >= 15 is 0 Å². The first-order chi connectivity index (χ1) is 8.61.